The normalized spacial score (nSPS) is 10.4. The van der Waals surface area contributed by atoms with E-state index >= 15 is 0 Å². The van der Waals surface area contributed by atoms with E-state index in [0.29, 0.717) is 37.5 Å². The maximum absolute atomic E-state index is 10.7. The molecule has 0 radical (unpaired) electrons. The highest BCUT2D eigenvalue weighted by Crippen LogP contribution is 2.37. The van der Waals surface area contributed by atoms with Crippen LogP contribution in [-0.4, -0.2) is 6.29 Å². The lowest BCUT2D eigenvalue weighted by atomic mass is 10.0. The van der Waals surface area contributed by atoms with Crippen LogP contribution in [-0.2, 0) is 0 Å². The Morgan fingerprint density at radius 1 is 0.889 bits per heavy atom. The number of carbonyl (C=O) groups is 1. The van der Waals surface area contributed by atoms with Crippen LogP contribution in [0.25, 0.3) is 11.1 Å². The maximum Gasteiger partial charge on any atom is 0.151 e. The van der Waals surface area contributed by atoms with Crippen LogP contribution in [0.4, 0.5) is 0 Å². The first-order valence-electron chi connectivity index (χ1n) is 4.92. The SMILES string of the molecule is O=Cc1ccc(-c2cc(Cl)cc(Cl)c2Cl)cc1Cl. The van der Waals surface area contributed by atoms with Gasteiger partial charge in [-0.15, -0.1) is 0 Å². The van der Waals surface area contributed by atoms with Gasteiger partial charge >= 0.3 is 0 Å². The van der Waals surface area contributed by atoms with Crippen molar-refractivity contribution in [1.29, 1.82) is 0 Å². The predicted molar refractivity (Wildman–Crippen MR) is 77.3 cm³/mol. The molecule has 0 unspecified atom stereocenters. The lowest BCUT2D eigenvalue weighted by Gasteiger charge is -2.08. The molecule has 92 valence electrons. The van der Waals surface area contributed by atoms with Crippen molar-refractivity contribution >= 4 is 52.7 Å². The summed E-state index contributed by atoms with van der Waals surface area (Å²) in [6, 6.07) is 8.27. The first-order chi connectivity index (χ1) is 8.52. The van der Waals surface area contributed by atoms with E-state index in [2.05, 4.69) is 0 Å². The highest BCUT2D eigenvalue weighted by Gasteiger charge is 2.10. The molecule has 5 heteroatoms. The molecule has 18 heavy (non-hydrogen) atoms. The molecule has 0 atom stereocenters. The van der Waals surface area contributed by atoms with Crippen molar-refractivity contribution in [3.8, 4) is 11.1 Å². The Morgan fingerprint density at radius 3 is 2.22 bits per heavy atom. The van der Waals surface area contributed by atoms with Gasteiger partial charge in [-0.1, -0.05) is 52.5 Å². The molecule has 2 aromatic carbocycles. The molecule has 0 saturated heterocycles. The maximum atomic E-state index is 10.7. The first-order valence-corrected chi connectivity index (χ1v) is 6.43. The van der Waals surface area contributed by atoms with Gasteiger partial charge in [-0.3, -0.25) is 4.79 Å². The van der Waals surface area contributed by atoms with Crippen LogP contribution < -0.4 is 0 Å². The third kappa shape index (κ3) is 2.65. The second kappa shape index (κ2) is 5.50. The zero-order valence-corrected chi connectivity index (χ0v) is 11.9. The van der Waals surface area contributed by atoms with Gasteiger partial charge in [-0.2, -0.15) is 0 Å². The van der Waals surface area contributed by atoms with Gasteiger partial charge in [0.1, 0.15) is 0 Å². The molecule has 0 aliphatic carbocycles. The van der Waals surface area contributed by atoms with Crippen molar-refractivity contribution in [2.45, 2.75) is 0 Å². The second-order valence-electron chi connectivity index (χ2n) is 3.60. The van der Waals surface area contributed by atoms with E-state index in [1.54, 1.807) is 30.3 Å². The topological polar surface area (TPSA) is 17.1 Å². The van der Waals surface area contributed by atoms with Crippen molar-refractivity contribution in [2.24, 2.45) is 0 Å². The van der Waals surface area contributed by atoms with Gasteiger partial charge in [-0.25, -0.2) is 0 Å². The molecule has 1 nitrogen and oxygen atoms in total. The summed E-state index contributed by atoms with van der Waals surface area (Å²) < 4.78 is 0. The summed E-state index contributed by atoms with van der Waals surface area (Å²) in [7, 11) is 0. The van der Waals surface area contributed by atoms with Crippen LogP contribution in [0.5, 0.6) is 0 Å². The fourth-order valence-electron chi connectivity index (χ4n) is 1.56. The van der Waals surface area contributed by atoms with E-state index in [4.69, 9.17) is 46.4 Å². The van der Waals surface area contributed by atoms with E-state index in [1.165, 1.54) is 0 Å². The minimum absolute atomic E-state index is 0.356. The molecule has 0 N–H and O–H groups in total. The zero-order valence-electron chi connectivity index (χ0n) is 8.88. The summed E-state index contributed by atoms with van der Waals surface area (Å²) in [4.78, 5) is 10.7. The van der Waals surface area contributed by atoms with Crippen LogP contribution in [0, 0.1) is 0 Å². The Kier molecular flexibility index (Phi) is 4.18. The average molecular weight is 320 g/mol. The van der Waals surface area contributed by atoms with Crippen LogP contribution in [0.15, 0.2) is 30.3 Å². The highest BCUT2D eigenvalue weighted by atomic mass is 35.5. The van der Waals surface area contributed by atoms with Crippen LogP contribution >= 0.6 is 46.4 Å². The molecule has 2 rings (SSSR count). The Balaban J connectivity index is 2.62. The molecule has 0 aromatic heterocycles. The van der Waals surface area contributed by atoms with Crippen molar-refractivity contribution in [1.82, 2.24) is 0 Å². The molecule has 0 bridgehead atoms. The Hall–Kier alpha value is -0.730. The molecular formula is C13H6Cl4O. The Morgan fingerprint density at radius 2 is 1.61 bits per heavy atom. The lowest BCUT2D eigenvalue weighted by Crippen LogP contribution is -1.86. The molecule has 0 fully saturated rings. The van der Waals surface area contributed by atoms with Crippen LogP contribution in [0.3, 0.4) is 0 Å². The quantitative estimate of drug-likeness (QED) is 0.506. The third-order valence-corrected chi connectivity index (χ3v) is 3.78. The fourth-order valence-corrected chi connectivity index (χ4v) is 2.49. The number of benzene rings is 2. The number of hydrogen-bond acceptors (Lipinski definition) is 1. The number of carbonyl (C=O) groups excluding carboxylic acids is 1. The van der Waals surface area contributed by atoms with Gasteiger partial charge in [0.2, 0.25) is 0 Å². The highest BCUT2D eigenvalue weighted by molar-refractivity contribution is 6.45. The minimum atomic E-state index is 0.356. The summed E-state index contributed by atoms with van der Waals surface area (Å²) in [5, 5.41) is 1.61. The average Bonchev–Trinajstić information content (AvgIpc) is 2.33. The van der Waals surface area contributed by atoms with Gasteiger partial charge in [-0.05, 0) is 29.8 Å². The van der Waals surface area contributed by atoms with Gasteiger partial charge < -0.3 is 0 Å². The standard InChI is InChI=1S/C13H6Cl4O/c14-9-4-10(13(17)12(16)5-9)7-1-2-8(6-18)11(15)3-7/h1-6H. The molecular weight excluding hydrogens is 314 g/mol. The second-order valence-corrected chi connectivity index (χ2v) is 5.23. The summed E-state index contributed by atoms with van der Waals surface area (Å²) in [6.45, 7) is 0. The summed E-state index contributed by atoms with van der Waals surface area (Å²) >= 11 is 24.0. The zero-order chi connectivity index (χ0) is 13.3. The summed E-state index contributed by atoms with van der Waals surface area (Å²) in [6.07, 6.45) is 0.693. The van der Waals surface area contributed by atoms with Gasteiger partial charge in [0.05, 0.1) is 15.1 Å². The summed E-state index contributed by atoms with van der Waals surface area (Å²) in [5.41, 5.74) is 1.85. The van der Waals surface area contributed by atoms with Crippen LogP contribution in [0.1, 0.15) is 10.4 Å². The van der Waals surface area contributed by atoms with Crippen molar-refractivity contribution in [3.63, 3.8) is 0 Å². The largest absolute Gasteiger partial charge is 0.298 e. The smallest absolute Gasteiger partial charge is 0.151 e. The van der Waals surface area contributed by atoms with Gasteiger partial charge in [0, 0.05) is 16.1 Å². The predicted octanol–water partition coefficient (Wildman–Crippen LogP) is 5.78. The molecule has 0 saturated carbocycles. The van der Waals surface area contributed by atoms with Crippen molar-refractivity contribution in [3.05, 3.63) is 56.0 Å². The molecule has 0 spiro atoms. The van der Waals surface area contributed by atoms with Crippen molar-refractivity contribution in [2.75, 3.05) is 0 Å². The number of aldehydes is 1. The first kappa shape index (κ1) is 13.7. The number of hydrogen-bond donors (Lipinski definition) is 0. The molecule has 0 amide bonds. The Bertz CT molecular complexity index is 623. The van der Waals surface area contributed by atoms with E-state index in [9.17, 15) is 4.79 Å². The van der Waals surface area contributed by atoms with Crippen molar-refractivity contribution < 1.29 is 4.79 Å². The minimum Gasteiger partial charge on any atom is -0.298 e. The number of rotatable bonds is 2. The number of halogens is 4. The fraction of sp³-hybridized carbons (Fsp3) is 0. The monoisotopic (exact) mass is 318 g/mol. The van der Waals surface area contributed by atoms with Gasteiger partial charge in [0.15, 0.2) is 6.29 Å². The third-order valence-electron chi connectivity index (χ3n) is 2.43. The van der Waals surface area contributed by atoms with E-state index in [-0.39, 0.29) is 0 Å². The molecule has 0 aliphatic rings. The lowest BCUT2D eigenvalue weighted by molar-refractivity contribution is 0.112. The van der Waals surface area contributed by atoms with E-state index in [0.717, 1.165) is 5.56 Å². The van der Waals surface area contributed by atoms with Gasteiger partial charge in [0.25, 0.3) is 0 Å². The van der Waals surface area contributed by atoms with Crippen LogP contribution in [0.2, 0.25) is 20.1 Å². The van der Waals surface area contributed by atoms with E-state index < -0.39 is 0 Å². The Labute approximate surface area is 124 Å². The molecule has 0 heterocycles. The van der Waals surface area contributed by atoms with E-state index in [1.807, 2.05) is 0 Å². The molecule has 2 aromatic rings. The molecule has 0 aliphatic heterocycles. The summed E-state index contributed by atoms with van der Waals surface area (Å²) in [5.74, 6) is 0.